The number of nitrogens with one attached hydrogen (secondary N) is 2. The molecule has 1 aromatic heterocycles. The molecule has 4 aromatic rings. The van der Waals surface area contributed by atoms with Gasteiger partial charge in [0.15, 0.2) is 0 Å². The molecule has 5 nitrogen and oxygen atoms in total. The summed E-state index contributed by atoms with van der Waals surface area (Å²) in [6.07, 6.45) is 1.57. The molecule has 30 heavy (non-hydrogen) atoms. The molecule has 0 fully saturated rings. The molecule has 0 spiro atoms. The van der Waals surface area contributed by atoms with Crippen molar-refractivity contribution in [3.05, 3.63) is 84.1 Å². The highest BCUT2D eigenvalue weighted by Crippen LogP contribution is 2.33. The molecule has 1 amide bonds. The van der Waals surface area contributed by atoms with E-state index < -0.39 is 0 Å². The highest BCUT2D eigenvalue weighted by atomic mass is 16.1. The third-order valence-corrected chi connectivity index (χ3v) is 4.91. The molecule has 0 aliphatic rings. The van der Waals surface area contributed by atoms with Crippen LogP contribution in [0.3, 0.4) is 0 Å². The van der Waals surface area contributed by atoms with Gasteiger partial charge in [-0.25, -0.2) is 0 Å². The van der Waals surface area contributed by atoms with Crippen molar-refractivity contribution in [1.82, 2.24) is 4.98 Å². The van der Waals surface area contributed by atoms with Crippen molar-refractivity contribution >= 4 is 33.9 Å². The van der Waals surface area contributed by atoms with Gasteiger partial charge in [0, 0.05) is 29.9 Å². The lowest BCUT2D eigenvalue weighted by atomic mass is 10.0. The number of aromatic nitrogens is 1. The molecule has 0 aliphatic heterocycles. The fraction of sp³-hybridized carbons (Fsp3) is 0.0800. The zero-order valence-corrected chi connectivity index (χ0v) is 16.7. The summed E-state index contributed by atoms with van der Waals surface area (Å²) in [6, 6.07) is 24.2. The van der Waals surface area contributed by atoms with Crippen LogP contribution in [0.1, 0.15) is 18.1 Å². The summed E-state index contributed by atoms with van der Waals surface area (Å²) in [6.45, 7) is 3.39. The van der Waals surface area contributed by atoms with Gasteiger partial charge in [-0.15, -0.1) is 0 Å². The van der Waals surface area contributed by atoms with Crippen molar-refractivity contribution in [2.45, 2.75) is 13.8 Å². The standard InChI is InChI=1S/C25H20N4O/c1-16-12-24-22(13-23(16)28-17(2)30)25(20(14-26)15-27-24)29-21-10-8-19(9-11-21)18-6-4-3-5-7-18/h3-13,15H,1-2H3,(H,27,29)(H,28,30). The van der Waals surface area contributed by atoms with Gasteiger partial charge < -0.3 is 10.6 Å². The van der Waals surface area contributed by atoms with E-state index in [1.807, 2.05) is 61.5 Å². The molecule has 0 saturated heterocycles. The van der Waals surface area contributed by atoms with Crippen molar-refractivity contribution < 1.29 is 4.79 Å². The average Bonchev–Trinajstić information content (AvgIpc) is 2.75. The van der Waals surface area contributed by atoms with E-state index in [4.69, 9.17) is 0 Å². The number of amides is 1. The highest BCUT2D eigenvalue weighted by molar-refractivity contribution is 6.00. The first-order valence-corrected chi connectivity index (χ1v) is 9.58. The summed E-state index contributed by atoms with van der Waals surface area (Å²) < 4.78 is 0. The summed E-state index contributed by atoms with van der Waals surface area (Å²) in [5.74, 6) is -0.146. The first kappa shape index (κ1) is 19.2. The van der Waals surface area contributed by atoms with Gasteiger partial charge in [-0.1, -0.05) is 42.5 Å². The topological polar surface area (TPSA) is 77.8 Å². The van der Waals surface area contributed by atoms with Crippen molar-refractivity contribution in [3.63, 3.8) is 0 Å². The van der Waals surface area contributed by atoms with Gasteiger partial charge in [0.1, 0.15) is 6.07 Å². The van der Waals surface area contributed by atoms with Crippen LogP contribution in [0.2, 0.25) is 0 Å². The number of nitriles is 1. The van der Waals surface area contributed by atoms with Crippen LogP contribution in [0, 0.1) is 18.3 Å². The Morgan fingerprint density at radius 1 is 1.00 bits per heavy atom. The van der Waals surface area contributed by atoms with E-state index in [2.05, 4.69) is 33.8 Å². The van der Waals surface area contributed by atoms with E-state index >= 15 is 0 Å². The molecule has 5 heteroatoms. The number of anilines is 3. The second-order valence-electron chi connectivity index (χ2n) is 7.09. The van der Waals surface area contributed by atoms with Crippen LogP contribution in [-0.2, 0) is 4.79 Å². The van der Waals surface area contributed by atoms with Gasteiger partial charge in [-0.2, -0.15) is 5.26 Å². The number of hydrogen-bond donors (Lipinski definition) is 2. The molecular weight excluding hydrogens is 372 g/mol. The molecule has 3 aromatic carbocycles. The number of aryl methyl sites for hydroxylation is 1. The van der Waals surface area contributed by atoms with Crippen molar-refractivity contribution in [3.8, 4) is 17.2 Å². The zero-order chi connectivity index (χ0) is 21.1. The van der Waals surface area contributed by atoms with E-state index in [1.54, 1.807) is 6.20 Å². The molecule has 4 rings (SSSR count). The van der Waals surface area contributed by atoms with Crippen molar-refractivity contribution in [2.75, 3.05) is 10.6 Å². The minimum Gasteiger partial charge on any atom is -0.354 e. The predicted octanol–water partition coefficient (Wildman–Crippen LogP) is 5.78. The number of fused-ring (bicyclic) bond motifs is 1. The van der Waals surface area contributed by atoms with E-state index in [9.17, 15) is 10.1 Å². The number of benzene rings is 3. The molecular formula is C25H20N4O. The maximum absolute atomic E-state index is 11.6. The van der Waals surface area contributed by atoms with Crippen LogP contribution < -0.4 is 10.6 Å². The van der Waals surface area contributed by atoms with Gasteiger partial charge in [0.25, 0.3) is 0 Å². The Balaban J connectivity index is 1.75. The number of pyridine rings is 1. The molecule has 0 atom stereocenters. The summed E-state index contributed by atoms with van der Waals surface area (Å²) in [5.41, 5.74) is 6.59. The zero-order valence-electron chi connectivity index (χ0n) is 16.7. The molecule has 0 saturated carbocycles. The van der Waals surface area contributed by atoms with Crippen LogP contribution in [0.15, 0.2) is 72.9 Å². The average molecular weight is 392 g/mol. The fourth-order valence-electron chi connectivity index (χ4n) is 3.41. The van der Waals surface area contributed by atoms with E-state index in [0.717, 1.165) is 33.3 Å². The second kappa shape index (κ2) is 8.06. The molecule has 0 unspecified atom stereocenters. The Morgan fingerprint density at radius 3 is 2.37 bits per heavy atom. The number of hydrogen-bond acceptors (Lipinski definition) is 4. The summed E-state index contributed by atoms with van der Waals surface area (Å²) in [7, 11) is 0. The number of nitrogens with zero attached hydrogens (tertiary/aromatic N) is 2. The van der Waals surface area contributed by atoms with Gasteiger partial charge in [0.2, 0.25) is 5.91 Å². The monoisotopic (exact) mass is 392 g/mol. The molecule has 146 valence electrons. The van der Waals surface area contributed by atoms with Crippen molar-refractivity contribution in [1.29, 1.82) is 5.26 Å². The van der Waals surface area contributed by atoms with Crippen LogP contribution in [0.4, 0.5) is 17.1 Å². The van der Waals surface area contributed by atoms with E-state index in [1.165, 1.54) is 6.92 Å². The van der Waals surface area contributed by atoms with E-state index in [-0.39, 0.29) is 5.91 Å². The molecule has 2 N–H and O–H groups in total. The number of carbonyl (C=O) groups is 1. The number of rotatable bonds is 4. The van der Waals surface area contributed by atoms with Crippen LogP contribution in [0.5, 0.6) is 0 Å². The highest BCUT2D eigenvalue weighted by Gasteiger charge is 2.12. The minimum atomic E-state index is -0.146. The normalized spacial score (nSPS) is 10.4. The quantitative estimate of drug-likeness (QED) is 0.461. The van der Waals surface area contributed by atoms with Gasteiger partial charge in [-0.3, -0.25) is 9.78 Å². The Labute approximate surface area is 175 Å². The number of carbonyl (C=O) groups excluding carboxylic acids is 1. The third-order valence-electron chi connectivity index (χ3n) is 4.91. The SMILES string of the molecule is CC(=O)Nc1cc2c(Nc3ccc(-c4ccccc4)cc3)c(C#N)cnc2cc1C. The Morgan fingerprint density at radius 2 is 1.70 bits per heavy atom. The lowest BCUT2D eigenvalue weighted by Gasteiger charge is -2.14. The maximum atomic E-state index is 11.6. The van der Waals surface area contributed by atoms with Gasteiger partial charge in [0.05, 0.1) is 16.8 Å². The van der Waals surface area contributed by atoms with Crippen LogP contribution >= 0.6 is 0 Å². The Kier molecular flexibility index (Phi) is 5.15. The first-order chi connectivity index (χ1) is 14.5. The lowest BCUT2D eigenvalue weighted by molar-refractivity contribution is -0.114. The van der Waals surface area contributed by atoms with Crippen LogP contribution in [-0.4, -0.2) is 10.9 Å². The summed E-state index contributed by atoms with van der Waals surface area (Å²) in [4.78, 5) is 16.0. The Bertz CT molecular complexity index is 1270. The second-order valence-corrected chi connectivity index (χ2v) is 7.09. The smallest absolute Gasteiger partial charge is 0.221 e. The lowest BCUT2D eigenvalue weighted by Crippen LogP contribution is -2.07. The maximum Gasteiger partial charge on any atom is 0.221 e. The largest absolute Gasteiger partial charge is 0.354 e. The predicted molar refractivity (Wildman–Crippen MR) is 121 cm³/mol. The minimum absolute atomic E-state index is 0.146. The molecule has 0 aliphatic carbocycles. The van der Waals surface area contributed by atoms with Crippen molar-refractivity contribution in [2.24, 2.45) is 0 Å². The molecule has 0 radical (unpaired) electrons. The molecule has 1 heterocycles. The van der Waals surface area contributed by atoms with Gasteiger partial charge >= 0.3 is 0 Å². The summed E-state index contributed by atoms with van der Waals surface area (Å²) in [5, 5.41) is 16.6. The molecule has 0 bridgehead atoms. The first-order valence-electron chi connectivity index (χ1n) is 9.58. The van der Waals surface area contributed by atoms with Gasteiger partial charge in [-0.05, 0) is 47.9 Å². The fourth-order valence-corrected chi connectivity index (χ4v) is 3.41. The van der Waals surface area contributed by atoms with E-state index in [0.29, 0.717) is 16.9 Å². The van der Waals surface area contributed by atoms with Crippen LogP contribution in [0.25, 0.3) is 22.0 Å². The summed E-state index contributed by atoms with van der Waals surface area (Å²) >= 11 is 0. The Hall–Kier alpha value is -4.17. The third kappa shape index (κ3) is 3.85.